The first-order valence-corrected chi connectivity index (χ1v) is 9.34. The number of carbonyl (C=O) groups is 3. The first kappa shape index (κ1) is 18.4. The maximum atomic E-state index is 12.3. The fraction of sp³-hybridized carbons (Fsp3) is 0.550. The summed E-state index contributed by atoms with van der Waals surface area (Å²) >= 11 is 0. The molecule has 2 aliphatic rings. The van der Waals surface area contributed by atoms with Crippen molar-refractivity contribution in [3.63, 3.8) is 0 Å². The first-order chi connectivity index (χ1) is 12.3. The molecule has 1 saturated heterocycles. The van der Waals surface area contributed by atoms with Gasteiger partial charge in [-0.15, -0.1) is 0 Å². The number of amides is 4. The highest BCUT2D eigenvalue weighted by atomic mass is 16.2. The van der Waals surface area contributed by atoms with Gasteiger partial charge in [-0.1, -0.05) is 38.1 Å². The van der Waals surface area contributed by atoms with E-state index in [2.05, 4.69) is 31.3 Å². The van der Waals surface area contributed by atoms with Gasteiger partial charge >= 0.3 is 6.03 Å². The molecule has 1 N–H and O–H groups in total. The van der Waals surface area contributed by atoms with Crippen LogP contribution in [0, 0.1) is 5.92 Å². The lowest BCUT2D eigenvalue weighted by Gasteiger charge is -2.19. The van der Waals surface area contributed by atoms with E-state index in [0.717, 1.165) is 29.7 Å². The molecule has 0 spiro atoms. The van der Waals surface area contributed by atoms with E-state index in [-0.39, 0.29) is 43.0 Å². The van der Waals surface area contributed by atoms with Crippen LogP contribution in [0.2, 0.25) is 0 Å². The Kier molecular flexibility index (Phi) is 5.30. The van der Waals surface area contributed by atoms with Crippen molar-refractivity contribution in [3.05, 3.63) is 35.4 Å². The summed E-state index contributed by atoms with van der Waals surface area (Å²) < 4.78 is 0. The summed E-state index contributed by atoms with van der Waals surface area (Å²) in [6, 6.07) is 7.87. The SMILES string of the molecule is CC(C)Cc1ccc(C(C)NC(=O)CN2C(=O)CN(C3CC3)C2=O)cc1. The summed E-state index contributed by atoms with van der Waals surface area (Å²) in [4.78, 5) is 39.2. The van der Waals surface area contributed by atoms with Crippen molar-refractivity contribution in [2.75, 3.05) is 13.1 Å². The second-order valence-corrected chi connectivity index (χ2v) is 7.75. The molecule has 1 atom stereocenters. The van der Waals surface area contributed by atoms with E-state index in [1.807, 2.05) is 19.1 Å². The van der Waals surface area contributed by atoms with Crippen LogP contribution in [0.25, 0.3) is 0 Å². The van der Waals surface area contributed by atoms with Crippen LogP contribution in [0.15, 0.2) is 24.3 Å². The van der Waals surface area contributed by atoms with Gasteiger partial charge in [-0.3, -0.25) is 14.5 Å². The van der Waals surface area contributed by atoms with E-state index in [0.29, 0.717) is 5.92 Å². The maximum absolute atomic E-state index is 12.3. The normalized spacial score (nSPS) is 18.6. The number of rotatable bonds is 7. The van der Waals surface area contributed by atoms with E-state index >= 15 is 0 Å². The molecule has 4 amide bonds. The van der Waals surface area contributed by atoms with Crippen molar-refractivity contribution in [2.45, 2.75) is 52.1 Å². The molecule has 3 rings (SSSR count). The molecule has 140 valence electrons. The number of carbonyl (C=O) groups excluding carboxylic acids is 3. The van der Waals surface area contributed by atoms with E-state index in [4.69, 9.17) is 0 Å². The highest BCUT2D eigenvalue weighted by Gasteiger charge is 2.44. The van der Waals surface area contributed by atoms with Crippen molar-refractivity contribution >= 4 is 17.8 Å². The molecule has 26 heavy (non-hydrogen) atoms. The third-order valence-electron chi connectivity index (χ3n) is 4.87. The van der Waals surface area contributed by atoms with Crippen molar-refractivity contribution in [1.29, 1.82) is 0 Å². The Hall–Kier alpha value is -2.37. The first-order valence-electron chi connectivity index (χ1n) is 9.34. The van der Waals surface area contributed by atoms with Crippen LogP contribution in [-0.2, 0) is 16.0 Å². The molecule has 1 unspecified atom stereocenters. The van der Waals surface area contributed by atoms with Gasteiger partial charge in [0.25, 0.3) is 5.91 Å². The number of benzene rings is 1. The van der Waals surface area contributed by atoms with Gasteiger partial charge in [-0.25, -0.2) is 4.79 Å². The van der Waals surface area contributed by atoms with Crippen LogP contribution in [0.1, 0.15) is 50.8 Å². The monoisotopic (exact) mass is 357 g/mol. The van der Waals surface area contributed by atoms with Crippen LogP contribution in [0.5, 0.6) is 0 Å². The Labute approximate surface area is 154 Å². The standard InChI is InChI=1S/C20H27N3O3/c1-13(2)10-15-4-6-16(7-5-15)14(3)21-18(24)11-23-19(25)12-22(20(23)26)17-8-9-17/h4-7,13-14,17H,8-12H2,1-3H3,(H,21,24). The fourth-order valence-corrected chi connectivity index (χ4v) is 3.32. The zero-order valence-corrected chi connectivity index (χ0v) is 15.7. The summed E-state index contributed by atoms with van der Waals surface area (Å²) in [6.07, 6.45) is 2.92. The van der Waals surface area contributed by atoms with E-state index in [1.54, 1.807) is 4.90 Å². The number of urea groups is 1. The number of nitrogens with one attached hydrogen (secondary N) is 1. The second kappa shape index (κ2) is 7.48. The Bertz CT molecular complexity index is 695. The Morgan fingerprint density at radius 3 is 2.38 bits per heavy atom. The summed E-state index contributed by atoms with van der Waals surface area (Å²) in [6.45, 7) is 6.16. The van der Waals surface area contributed by atoms with Crippen LogP contribution in [-0.4, -0.2) is 46.8 Å². The topological polar surface area (TPSA) is 69.7 Å². The third-order valence-corrected chi connectivity index (χ3v) is 4.87. The summed E-state index contributed by atoms with van der Waals surface area (Å²) in [7, 11) is 0. The van der Waals surface area contributed by atoms with Gasteiger partial charge in [0.05, 0.1) is 6.04 Å². The molecule has 1 heterocycles. The van der Waals surface area contributed by atoms with E-state index < -0.39 is 0 Å². The van der Waals surface area contributed by atoms with Crippen molar-refractivity contribution in [2.24, 2.45) is 5.92 Å². The van der Waals surface area contributed by atoms with E-state index in [1.165, 1.54) is 5.56 Å². The van der Waals surface area contributed by atoms with Crippen LogP contribution in [0.4, 0.5) is 4.79 Å². The molecule has 0 bridgehead atoms. The van der Waals surface area contributed by atoms with Crippen molar-refractivity contribution in [1.82, 2.24) is 15.1 Å². The van der Waals surface area contributed by atoms with Gasteiger partial charge in [-0.2, -0.15) is 0 Å². The van der Waals surface area contributed by atoms with Crippen LogP contribution in [0.3, 0.4) is 0 Å². The molecule has 6 nitrogen and oxygen atoms in total. The molecule has 0 radical (unpaired) electrons. The predicted molar refractivity (Wildman–Crippen MR) is 98.4 cm³/mol. The van der Waals surface area contributed by atoms with Crippen molar-refractivity contribution in [3.8, 4) is 0 Å². The fourth-order valence-electron chi connectivity index (χ4n) is 3.32. The van der Waals surface area contributed by atoms with Gasteiger partial charge in [0.2, 0.25) is 5.91 Å². The largest absolute Gasteiger partial charge is 0.348 e. The summed E-state index contributed by atoms with van der Waals surface area (Å²) in [5.74, 6) is -0.00504. The summed E-state index contributed by atoms with van der Waals surface area (Å²) in [5.41, 5.74) is 2.28. The maximum Gasteiger partial charge on any atom is 0.327 e. The minimum atomic E-state index is -0.335. The minimum absolute atomic E-state index is 0.101. The van der Waals surface area contributed by atoms with Gasteiger partial charge in [0.15, 0.2) is 0 Å². The average Bonchev–Trinajstić information content (AvgIpc) is 3.37. The molecular formula is C20H27N3O3. The minimum Gasteiger partial charge on any atom is -0.348 e. The van der Waals surface area contributed by atoms with Crippen molar-refractivity contribution < 1.29 is 14.4 Å². The van der Waals surface area contributed by atoms with Crippen LogP contribution < -0.4 is 5.32 Å². The Morgan fingerprint density at radius 1 is 1.15 bits per heavy atom. The van der Waals surface area contributed by atoms with E-state index in [9.17, 15) is 14.4 Å². The molecule has 1 aliphatic carbocycles. The van der Waals surface area contributed by atoms with Gasteiger partial charge in [-0.05, 0) is 43.2 Å². The average molecular weight is 357 g/mol. The van der Waals surface area contributed by atoms with Gasteiger partial charge < -0.3 is 10.2 Å². The third kappa shape index (κ3) is 4.23. The molecule has 1 aromatic carbocycles. The quantitative estimate of drug-likeness (QED) is 0.762. The lowest BCUT2D eigenvalue weighted by molar-refractivity contribution is -0.131. The zero-order chi connectivity index (χ0) is 18.8. The Balaban J connectivity index is 1.54. The molecule has 2 fully saturated rings. The number of imide groups is 1. The predicted octanol–water partition coefficient (Wildman–Crippen LogP) is 2.49. The molecule has 1 saturated carbocycles. The van der Waals surface area contributed by atoms with Gasteiger partial charge in [0, 0.05) is 6.04 Å². The molecule has 1 aliphatic heterocycles. The highest BCUT2D eigenvalue weighted by Crippen LogP contribution is 2.30. The Morgan fingerprint density at radius 2 is 1.81 bits per heavy atom. The number of hydrogen-bond donors (Lipinski definition) is 1. The molecule has 0 aromatic heterocycles. The highest BCUT2D eigenvalue weighted by molar-refractivity contribution is 6.04. The smallest absolute Gasteiger partial charge is 0.327 e. The second-order valence-electron chi connectivity index (χ2n) is 7.75. The number of nitrogens with zero attached hydrogens (tertiary/aromatic N) is 2. The molecule has 1 aromatic rings. The van der Waals surface area contributed by atoms with Crippen LogP contribution >= 0.6 is 0 Å². The zero-order valence-electron chi connectivity index (χ0n) is 15.7. The molecule has 6 heteroatoms. The summed E-state index contributed by atoms with van der Waals surface area (Å²) in [5, 5.41) is 2.88. The molecular weight excluding hydrogens is 330 g/mol. The lowest BCUT2D eigenvalue weighted by Crippen LogP contribution is -2.42. The number of hydrogen-bond acceptors (Lipinski definition) is 3. The lowest BCUT2D eigenvalue weighted by atomic mass is 10.00. The van der Waals surface area contributed by atoms with Gasteiger partial charge in [0.1, 0.15) is 13.1 Å².